The Bertz CT molecular complexity index is 242. The molecule has 1 aliphatic carbocycles. The van der Waals surface area contributed by atoms with E-state index < -0.39 is 0 Å². The van der Waals surface area contributed by atoms with Gasteiger partial charge >= 0.3 is 0 Å². The summed E-state index contributed by atoms with van der Waals surface area (Å²) in [5.41, 5.74) is 0.122. The molecule has 2 heteroatoms. The Hall–Kier alpha value is -0.370. The molecule has 0 bridgehead atoms. The zero-order valence-corrected chi connectivity index (χ0v) is 12.0. The number of carbonyl (C=O) groups excluding carboxylic acids is 1. The van der Waals surface area contributed by atoms with Crippen molar-refractivity contribution in [2.45, 2.75) is 71.8 Å². The van der Waals surface area contributed by atoms with Crippen molar-refractivity contribution in [2.75, 3.05) is 6.54 Å². The maximum absolute atomic E-state index is 12.2. The molecule has 2 atom stereocenters. The minimum absolute atomic E-state index is 0.122. The van der Waals surface area contributed by atoms with Crippen molar-refractivity contribution in [1.29, 1.82) is 0 Å². The van der Waals surface area contributed by atoms with Crippen LogP contribution in [0.25, 0.3) is 0 Å². The minimum Gasteiger partial charge on any atom is -0.312 e. The molecule has 0 aliphatic heterocycles. The van der Waals surface area contributed by atoms with Crippen LogP contribution in [0.4, 0.5) is 0 Å². The number of hydrogen-bond acceptors (Lipinski definition) is 2. The molecule has 0 aromatic rings. The molecule has 0 heterocycles. The van der Waals surface area contributed by atoms with Crippen LogP contribution in [0.5, 0.6) is 0 Å². The van der Waals surface area contributed by atoms with Gasteiger partial charge in [0.05, 0.1) is 0 Å². The quantitative estimate of drug-likeness (QED) is 0.795. The van der Waals surface area contributed by atoms with E-state index >= 15 is 0 Å². The average Bonchev–Trinajstić information content (AvgIpc) is 2.27. The van der Waals surface area contributed by atoms with E-state index in [-0.39, 0.29) is 5.54 Å². The summed E-state index contributed by atoms with van der Waals surface area (Å²) in [5, 5.41) is 3.40. The van der Waals surface area contributed by atoms with Crippen LogP contribution in [0, 0.1) is 11.8 Å². The molecule has 2 nitrogen and oxygen atoms in total. The van der Waals surface area contributed by atoms with Gasteiger partial charge in [-0.2, -0.15) is 0 Å². The second kappa shape index (κ2) is 6.53. The normalized spacial score (nSPS) is 25.9. The van der Waals surface area contributed by atoms with Gasteiger partial charge < -0.3 is 5.32 Å². The van der Waals surface area contributed by atoms with Gasteiger partial charge in [0, 0.05) is 24.4 Å². The summed E-state index contributed by atoms with van der Waals surface area (Å²) < 4.78 is 0. The van der Waals surface area contributed by atoms with Crippen LogP contribution < -0.4 is 5.32 Å². The summed E-state index contributed by atoms with van der Waals surface area (Å²) in [7, 11) is 0. The van der Waals surface area contributed by atoms with Gasteiger partial charge in [0.1, 0.15) is 5.78 Å². The van der Waals surface area contributed by atoms with Crippen LogP contribution in [-0.4, -0.2) is 17.9 Å². The fraction of sp³-hybridized carbons (Fsp3) is 0.933. The van der Waals surface area contributed by atoms with Crippen LogP contribution >= 0.6 is 0 Å². The molecule has 1 aliphatic rings. The van der Waals surface area contributed by atoms with E-state index in [4.69, 9.17) is 0 Å². The smallest absolute Gasteiger partial charge is 0.137 e. The van der Waals surface area contributed by atoms with E-state index in [1.165, 1.54) is 25.7 Å². The Kier molecular flexibility index (Phi) is 5.64. The number of Topliss-reactive ketones (excluding diaryl/α,β-unsaturated/α-hetero) is 1. The second-order valence-electron chi connectivity index (χ2n) is 6.45. The molecule has 17 heavy (non-hydrogen) atoms. The first-order valence-electron chi connectivity index (χ1n) is 7.22. The topological polar surface area (TPSA) is 29.1 Å². The lowest BCUT2D eigenvalue weighted by Gasteiger charge is -2.30. The summed E-state index contributed by atoms with van der Waals surface area (Å²) in [6.07, 6.45) is 6.84. The number of carbonyl (C=O) groups is 1. The zero-order chi connectivity index (χ0) is 12.9. The summed E-state index contributed by atoms with van der Waals surface area (Å²) in [6, 6.07) is 0. The third-order valence-electron chi connectivity index (χ3n) is 3.87. The summed E-state index contributed by atoms with van der Waals surface area (Å²) in [6.45, 7) is 9.49. The van der Waals surface area contributed by atoms with Crippen LogP contribution in [0.1, 0.15) is 66.2 Å². The predicted octanol–water partition coefficient (Wildman–Crippen LogP) is 3.55. The van der Waals surface area contributed by atoms with Gasteiger partial charge in [-0.1, -0.05) is 26.2 Å². The van der Waals surface area contributed by atoms with Gasteiger partial charge in [0.2, 0.25) is 0 Å². The zero-order valence-electron chi connectivity index (χ0n) is 12.0. The van der Waals surface area contributed by atoms with E-state index in [0.717, 1.165) is 13.0 Å². The molecule has 0 amide bonds. The van der Waals surface area contributed by atoms with E-state index in [1.54, 1.807) is 0 Å². The molecule has 1 rings (SSSR count). The fourth-order valence-corrected chi connectivity index (χ4v) is 2.87. The fourth-order valence-electron chi connectivity index (χ4n) is 2.87. The van der Waals surface area contributed by atoms with E-state index in [9.17, 15) is 4.79 Å². The predicted molar refractivity (Wildman–Crippen MR) is 73.1 cm³/mol. The van der Waals surface area contributed by atoms with Crippen molar-refractivity contribution in [3.8, 4) is 0 Å². The standard InChI is InChI=1S/C15H29NO/c1-5-12-8-6-7-9-13(12)14(17)10-11-16-15(2,3)4/h12-13,16H,5-11H2,1-4H3. The first kappa shape index (κ1) is 14.7. The first-order valence-corrected chi connectivity index (χ1v) is 7.22. The monoisotopic (exact) mass is 239 g/mol. The van der Waals surface area contributed by atoms with Gasteiger partial charge in [-0.15, -0.1) is 0 Å². The first-order chi connectivity index (χ1) is 7.94. The molecular formula is C15H29NO. The SMILES string of the molecule is CCC1CCCCC1C(=O)CCNC(C)(C)C. The highest BCUT2D eigenvalue weighted by Gasteiger charge is 2.28. The number of nitrogens with one attached hydrogen (secondary N) is 1. The molecule has 1 fully saturated rings. The largest absolute Gasteiger partial charge is 0.312 e. The van der Waals surface area contributed by atoms with Crippen LogP contribution in [0.2, 0.25) is 0 Å². The Morgan fingerprint density at radius 3 is 2.47 bits per heavy atom. The molecule has 0 radical (unpaired) electrons. The highest BCUT2D eigenvalue weighted by molar-refractivity contribution is 5.81. The van der Waals surface area contributed by atoms with Crippen LogP contribution in [-0.2, 0) is 4.79 Å². The third-order valence-corrected chi connectivity index (χ3v) is 3.87. The number of hydrogen-bond donors (Lipinski definition) is 1. The Morgan fingerprint density at radius 2 is 1.88 bits per heavy atom. The van der Waals surface area contributed by atoms with Gasteiger partial charge in [-0.05, 0) is 39.5 Å². The average molecular weight is 239 g/mol. The number of ketones is 1. The van der Waals surface area contributed by atoms with Crippen molar-refractivity contribution >= 4 is 5.78 Å². The lowest BCUT2D eigenvalue weighted by molar-refractivity contribution is -0.125. The second-order valence-corrected chi connectivity index (χ2v) is 6.45. The Labute approximate surface area is 107 Å². The van der Waals surface area contributed by atoms with Gasteiger partial charge in [0.15, 0.2) is 0 Å². The van der Waals surface area contributed by atoms with Crippen molar-refractivity contribution in [2.24, 2.45) is 11.8 Å². The molecule has 0 aromatic heterocycles. The van der Waals surface area contributed by atoms with E-state index in [2.05, 4.69) is 33.0 Å². The molecule has 0 spiro atoms. The number of rotatable bonds is 5. The van der Waals surface area contributed by atoms with Gasteiger partial charge in [-0.3, -0.25) is 4.79 Å². The van der Waals surface area contributed by atoms with Crippen LogP contribution in [0.3, 0.4) is 0 Å². The lowest BCUT2D eigenvalue weighted by atomic mass is 9.75. The molecule has 100 valence electrons. The summed E-state index contributed by atoms with van der Waals surface area (Å²) >= 11 is 0. The summed E-state index contributed by atoms with van der Waals surface area (Å²) in [5.74, 6) is 1.51. The Morgan fingerprint density at radius 1 is 1.24 bits per heavy atom. The van der Waals surface area contributed by atoms with Gasteiger partial charge in [-0.25, -0.2) is 0 Å². The van der Waals surface area contributed by atoms with Crippen molar-refractivity contribution in [3.63, 3.8) is 0 Å². The lowest BCUT2D eigenvalue weighted by Crippen LogP contribution is -2.38. The third kappa shape index (κ3) is 5.20. The maximum Gasteiger partial charge on any atom is 0.137 e. The van der Waals surface area contributed by atoms with Crippen molar-refractivity contribution in [3.05, 3.63) is 0 Å². The molecular weight excluding hydrogens is 210 g/mol. The van der Waals surface area contributed by atoms with Crippen molar-refractivity contribution in [1.82, 2.24) is 5.32 Å². The highest BCUT2D eigenvalue weighted by atomic mass is 16.1. The molecule has 1 N–H and O–H groups in total. The van der Waals surface area contributed by atoms with E-state index in [1.807, 2.05) is 0 Å². The maximum atomic E-state index is 12.2. The van der Waals surface area contributed by atoms with E-state index in [0.29, 0.717) is 24.0 Å². The minimum atomic E-state index is 0.122. The highest BCUT2D eigenvalue weighted by Crippen LogP contribution is 2.33. The summed E-state index contributed by atoms with van der Waals surface area (Å²) in [4.78, 5) is 12.2. The molecule has 0 saturated heterocycles. The molecule has 2 unspecified atom stereocenters. The Balaban J connectivity index is 2.35. The van der Waals surface area contributed by atoms with Crippen molar-refractivity contribution < 1.29 is 4.79 Å². The van der Waals surface area contributed by atoms with Gasteiger partial charge in [0.25, 0.3) is 0 Å². The molecule has 0 aromatic carbocycles. The molecule has 1 saturated carbocycles. The van der Waals surface area contributed by atoms with Crippen LogP contribution in [0.15, 0.2) is 0 Å².